The fourth-order valence-electron chi connectivity index (χ4n) is 4.40. The molecule has 1 aliphatic carbocycles. The molecule has 2 aromatic carbocycles. The first-order valence-electron chi connectivity index (χ1n) is 10.8. The lowest BCUT2D eigenvalue weighted by Gasteiger charge is -2.27. The highest BCUT2D eigenvalue weighted by molar-refractivity contribution is 5.73. The van der Waals surface area contributed by atoms with E-state index >= 15 is 0 Å². The zero-order valence-corrected chi connectivity index (χ0v) is 18.0. The molecule has 5 nitrogen and oxygen atoms in total. The molecule has 6 heteroatoms. The number of rotatable bonds is 8. The first-order chi connectivity index (χ1) is 15.1. The van der Waals surface area contributed by atoms with Crippen molar-refractivity contribution in [3.8, 4) is 11.5 Å². The predicted molar refractivity (Wildman–Crippen MR) is 114 cm³/mol. The highest BCUT2D eigenvalue weighted by Crippen LogP contribution is 2.41. The molecule has 1 saturated heterocycles. The molecule has 2 fully saturated rings. The van der Waals surface area contributed by atoms with Gasteiger partial charge < -0.3 is 18.9 Å². The Bertz CT molecular complexity index is 893. The third-order valence-electron chi connectivity index (χ3n) is 6.49. The molecule has 3 atom stereocenters. The summed E-state index contributed by atoms with van der Waals surface area (Å²) < 4.78 is 36.0. The molecule has 0 bridgehead atoms. The summed E-state index contributed by atoms with van der Waals surface area (Å²) in [6.45, 7) is 0.845. The van der Waals surface area contributed by atoms with Crippen molar-refractivity contribution >= 4 is 5.97 Å². The molecule has 0 amide bonds. The summed E-state index contributed by atoms with van der Waals surface area (Å²) in [5.41, 5.74) is 2.00. The van der Waals surface area contributed by atoms with Gasteiger partial charge in [-0.25, -0.2) is 4.39 Å². The summed E-state index contributed by atoms with van der Waals surface area (Å²) in [6, 6.07) is 12.3. The lowest BCUT2D eigenvalue weighted by atomic mass is 9.83. The molecule has 1 aliphatic heterocycles. The highest BCUT2D eigenvalue weighted by Gasteiger charge is 2.40. The summed E-state index contributed by atoms with van der Waals surface area (Å²) in [7, 11) is 3.23. The number of ether oxygens (including phenoxy) is 4. The zero-order valence-electron chi connectivity index (χ0n) is 18.0. The largest absolute Gasteiger partial charge is 0.493 e. The average molecular weight is 429 g/mol. The summed E-state index contributed by atoms with van der Waals surface area (Å²) in [5, 5.41) is 0. The van der Waals surface area contributed by atoms with Gasteiger partial charge in [-0.2, -0.15) is 0 Å². The van der Waals surface area contributed by atoms with Gasteiger partial charge in [0.2, 0.25) is 0 Å². The Balaban J connectivity index is 1.51. The highest BCUT2D eigenvalue weighted by atomic mass is 19.1. The van der Waals surface area contributed by atoms with Gasteiger partial charge >= 0.3 is 5.97 Å². The van der Waals surface area contributed by atoms with Crippen LogP contribution in [0.1, 0.15) is 36.5 Å². The minimum Gasteiger partial charge on any atom is -0.493 e. The van der Waals surface area contributed by atoms with Crippen LogP contribution in [0.25, 0.3) is 0 Å². The van der Waals surface area contributed by atoms with E-state index in [0.29, 0.717) is 24.7 Å². The maximum absolute atomic E-state index is 13.4. The molecule has 1 unspecified atom stereocenters. The summed E-state index contributed by atoms with van der Waals surface area (Å²) in [4.78, 5) is 12.3. The van der Waals surface area contributed by atoms with E-state index in [0.717, 1.165) is 36.8 Å². The van der Waals surface area contributed by atoms with Crippen LogP contribution >= 0.6 is 0 Å². The number of esters is 1. The molecule has 0 radical (unpaired) electrons. The van der Waals surface area contributed by atoms with E-state index < -0.39 is 0 Å². The number of hydrogen-bond donors (Lipinski definition) is 0. The first-order valence-corrected chi connectivity index (χ1v) is 10.8. The van der Waals surface area contributed by atoms with Crippen LogP contribution in [0.3, 0.4) is 0 Å². The van der Waals surface area contributed by atoms with Crippen molar-refractivity contribution in [3.05, 3.63) is 59.4 Å². The molecule has 0 spiro atoms. The molecule has 4 rings (SSSR count). The smallest absolute Gasteiger partial charge is 0.308 e. The topological polar surface area (TPSA) is 54.0 Å². The molecule has 166 valence electrons. The monoisotopic (exact) mass is 428 g/mol. The van der Waals surface area contributed by atoms with Gasteiger partial charge in [-0.05, 0) is 60.6 Å². The van der Waals surface area contributed by atoms with Gasteiger partial charge in [0.05, 0.1) is 39.5 Å². The van der Waals surface area contributed by atoms with Gasteiger partial charge in [0.25, 0.3) is 0 Å². The molecule has 2 aliphatic rings. The number of halogens is 1. The standard InChI is InChI=1S/C25H29FO5/c1-28-22-11-6-16(13-23(22)29-2)12-19-14-30-24(17-7-9-20(26)10-8-17)21(19)15-31-25(27)18-4-3-5-18/h6-11,13,18-19,21,24H,3-5,12,14-15H2,1-2H3/t19-,21-,24?/m0/s1. The minimum atomic E-state index is -0.281. The van der Waals surface area contributed by atoms with Crippen molar-refractivity contribution in [2.45, 2.75) is 31.8 Å². The second-order valence-corrected chi connectivity index (χ2v) is 8.38. The fraction of sp³-hybridized carbons (Fsp3) is 0.480. The van der Waals surface area contributed by atoms with Crippen LogP contribution in [-0.2, 0) is 20.7 Å². The van der Waals surface area contributed by atoms with E-state index in [1.54, 1.807) is 26.4 Å². The van der Waals surface area contributed by atoms with Crippen molar-refractivity contribution in [3.63, 3.8) is 0 Å². The third-order valence-corrected chi connectivity index (χ3v) is 6.49. The van der Waals surface area contributed by atoms with Gasteiger partial charge in [0.15, 0.2) is 11.5 Å². The third kappa shape index (κ3) is 4.85. The Morgan fingerprint density at radius 2 is 1.81 bits per heavy atom. The lowest BCUT2D eigenvalue weighted by molar-refractivity contribution is -0.153. The van der Waals surface area contributed by atoms with Crippen molar-refractivity contribution in [1.29, 1.82) is 0 Å². The summed E-state index contributed by atoms with van der Waals surface area (Å²) >= 11 is 0. The van der Waals surface area contributed by atoms with Crippen LogP contribution in [0.15, 0.2) is 42.5 Å². The molecule has 1 heterocycles. The molecular weight excluding hydrogens is 399 g/mol. The Labute approximate surface area is 182 Å². The van der Waals surface area contributed by atoms with Crippen LogP contribution in [0, 0.1) is 23.6 Å². The van der Waals surface area contributed by atoms with Gasteiger partial charge in [-0.15, -0.1) is 0 Å². The van der Waals surface area contributed by atoms with Crippen LogP contribution in [-0.4, -0.2) is 33.4 Å². The van der Waals surface area contributed by atoms with E-state index in [4.69, 9.17) is 18.9 Å². The lowest BCUT2D eigenvalue weighted by Crippen LogP contribution is -2.29. The second-order valence-electron chi connectivity index (χ2n) is 8.38. The molecule has 1 saturated carbocycles. The fourth-order valence-corrected chi connectivity index (χ4v) is 4.40. The van der Waals surface area contributed by atoms with Gasteiger partial charge in [-0.1, -0.05) is 24.6 Å². The number of carbonyl (C=O) groups excluding carboxylic acids is 1. The quantitative estimate of drug-likeness (QED) is 0.569. The first kappa shape index (κ1) is 21.6. The number of benzene rings is 2. The molecular formula is C25H29FO5. The number of methoxy groups -OCH3 is 2. The molecule has 0 aromatic heterocycles. The molecule has 31 heavy (non-hydrogen) atoms. The van der Waals surface area contributed by atoms with Crippen LogP contribution < -0.4 is 9.47 Å². The van der Waals surface area contributed by atoms with E-state index in [-0.39, 0.29) is 35.6 Å². The van der Waals surface area contributed by atoms with Gasteiger partial charge in [0, 0.05) is 5.92 Å². The minimum absolute atomic E-state index is 0.0115. The summed E-state index contributed by atoms with van der Waals surface area (Å²) in [6.07, 6.45) is 3.43. The number of carbonyl (C=O) groups is 1. The summed E-state index contributed by atoms with van der Waals surface area (Å²) in [5.74, 6) is 1.16. The van der Waals surface area contributed by atoms with E-state index in [2.05, 4.69) is 0 Å². The SMILES string of the molecule is COc1ccc(C[C@H]2COC(c3ccc(F)cc3)[C@H]2COC(=O)C2CCC2)cc1OC. The Morgan fingerprint density at radius 3 is 2.45 bits per heavy atom. The van der Waals surface area contributed by atoms with Crippen LogP contribution in [0.4, 0.5) is 4.39 Å². The van der Waals surface area contributed by atoms with E-state index in [9.17, 15) is 9.18 Å². The van der Waals surface area contributed by atoms with Gasteiger partial charge in [-0.3, -0.25) is 4.79 Å². The molecule has 2 aromatic rings. The normalized spacial score (nSPS) is 23.3. The number of hydrogen-bond acceptors (Lipinski definition) is 5. The molecule has 0 N–H and O–H groups in total. The van der Waals surface area contributed by atoms with Crippen LogP contribution in [0.5, 0.6) is 11.5 Å². The van der Waals surface area contributed by atoms with E-state index in [1.165, 1.54) is 12.1 Å². The second kappa shape index (κ2) is 9.69. The predicted octanol–water partition coefficient (Wildman–Crippen LogP) is 4.73. The average Bonchev–Trinajstić information content (AvgIpc) is 3.13. The Kier molecular flexibility index (Phi) is 6.76. The van der Waals surface area contributed by atoms with Crippen molar-refractivity contribution in [2.24, 2.45) is 17.8 Å². The van der Waals surface area contributed by atoms with E-state index in [1.807, 2.05) is 18.2 Å². The van der Waals surface area contributed by atoms with Gasteiger partial charge in [0.1, 0.15) is 5.82 Å². The maximum atomic E-state index is 13.4. The maximum Gasteiger partial charge on any atom is 0.308 e. The Hall–Kier alpha value is -2.60. The van der Waals surface area contributed by atoms with Crippen LogP contribution in [0.2, 0.25) is 0 Å². The Morgan fingerprint density at radius 1 is 1.06 bits per heavy atom. The zero-order chi connectivity index (χ0) is 21.8. The van der Waals surface area contributed by atoms with Crippen molar-refractivity contribution in [2.75, 3.05) is 27.4 Å². The van der Waals surface area contributed by atoms with Crippen molar-refractivity contribution < 1.29 is 28.1 Å². The van der Waals surface area contributed by atoms with Crippen molar-refractivity contribution in [1.82, 2.24) is 0 Å².